The number of Topliss-reactive ketones (excluding diaryl/α,β-unsaturated/α-hetero) is 4. The first-order chi connectivity index (χ1) is 68.2. The van der Waals surface area contributed by atoms with E-state index in [1.807, 2.05) is 203 Å². The van der Waals surface area contributed by atoms with Gasteiger partial charge in [0, 0.05) is 108 Å². The van der Waals surface area contributed by atoms with E-state index in [1.165, 1.54) is 0 Å². The number of nitrogens with one attached hydrogen (secondary N) is 3. The minimum absolute atomic E-state index is 0.00282. The summed E-state index contributed by atoms with van der Waals surface area (Å²) in [6.07, 6.45) is 11.5. The fraction of sp³-hybridized carbons (Fsp3) is 0.380. The summed E-state index contributed by atoms with van der Waals surface area (Å²) in [4.78, 5) is 147. The number of aromatic nitrogens is 5. The average molecular weight is 1930 g/mol. The van der Waals surface area contributed by atoms with Crippen molar-refractivity contribution in [1.29, 1.82) is 0 Å². The molecule has 9 N–H and O–H groups in total. The van der Waals surface area contributed by atoms with E-state index in [1.54, 1.807) is 0 Å². The molecule has 0 bridgehead atoms. The highest BCUT2D eigenvalue weighted by atomic mass is 16.6. The lowest BCUT2D eigenvalue weighted by Crippen LogP contribution is -2.41. The second-order valence-electron chi connectivity index (χ2n) is 39.6. The molecular weight excluding hydrogens is 1820 g/mol. The molecule has 142 heavy (non-hydrogen) atoms. The van der Waals surface area contributed by atoms with Gasteiger partial charge in [-0.15, -0.1) is 0 Å². The van der Waals surface area contributed by atoms with Gasteiger partial charge in [-0.3, -0.25) is 63.9 Å². The fourth-order valence-corrected chi connectivity index (χ4v) is 20.0. The molecule has 7 aliphatic rings. The molecule has 8 amide bonds. The number of piperidine rings is 5. The Morgan fingerprint density at radius 2 is 0.683 bits per heavy atom. The number of carbonyl (C=O) groups is 12. The van der Waals surface area contributed by atoms with Crippen molar-refractivity contribution in [2.45, 2.75) is 211 Å². The number of amides is 8. The van der Waals surface area contributed by atoms with E-state index in [0.717, 1.165) is 170 Å². The van der Waals surface area contributed by atoms with Gasteiger partial charge in [0.05, 0.1) is 66.4 Å². The van der Waals surface area contributed by atoms with Crippen LogP contribution in [0.5, 0.6) is 11.5 Å². The number of nitrogen functional groups attached to an aromatic ring is 3. The molecule has 15 aromatic rings. The molecule has 734 valence electrons. The van der Waals surface area contributed by atoms with Crippen LogP contribution in [0.25, 0.3) is 109 Å². The highest BCUT2D eigenvalue weighted by Crippen LogP contribution is 2.44. The largest absolute Gasteiger partial charge is 0.494 e. The quantitative estimate of drug-likeness (QED) is 0.0240. The predicted molar refractivity (Wildman–Crippen MR) is 530 cm³/mol. The van der Waals surface area contributed by atoms with Crippen LogP contribution in [0.2, 0.25) is 0 Å². The van der Waals surface area contributed by atoms with Crippen molar-refractivity contribution in [3.63, 3.8) is 0 Å². The van der Waals surface area contributed by atoms with E-state index < -0.39 is 40.8 Å². The molecule has 5 aliphatic heterocycles. The summed E-state index contributed by atoms with van der Waals surface area (Å²) < 4.78 is 50.3. The van der Waals surface area contributed by atoms with Gasteiger partial charge in [-0.1, -0.05) is 74.3 Å². The number of likely N-dealkylation sites (tertiary alicyclic amines) is 2. The molecule has 34 nitrogen and oxygen atoms in total. The zero-order valence-electron chi connectivity index (χ0n) is 79.8. The van der Waals surface area contributed by atoms with Crippen molar-refractivity contribution < 1.29 is 99.1 Å². The van der Waals surface area contributed by atoms with Crippen LogP contribution in [-0.2, 0) is 57.4 Å². The number of imide groups is 3. The van der Waals surface area contributed by atoms with Gasteiger partial charge in [0.1, 0.15) is 74.3 Å². The van der Waals surface area contributed by atoms with Crippen molar-refractivity contribution in [3.8, 4) is 11.5 Å². The van der Waals surface area contributed by atoms with Crippen LogP contribution in [0.1, 0.15) is 228 Å². The van der Waals surface area contributed by atoms with Crippen molar-refractivity contribution in [2.24, 2.45) is 11.8 Å². The Morgan fingerprint density at radius 3 is 1.05 bits per heavy atom. The number of fused-ring (bicyclic) bond motifs is 12. The summed E-state index contributed by atoms with van der Waals surface area (Å²) in [5, 5.41) is 41.2. The third-order valence-electron chi connectivity index (χ3n) is 27.4. The first-order valence-corrected chi connectivity index (χ1v) is 48.4. The maximum absolute atomic E-state index is 12.5. The average Bonchev–Trinajstić information content (AvgIpc) is 1.56. The Balaban J connectivity index is 0.000000120. The number of carbonyl (C=O) groups excluding carboxylic acids is 12. The first-order valence-electron chi connectivity index (χ1n) is 48.4. The van der Waals surface area contributed by atoms with Gasteiger partial charge < -0.3 is 68.6 Å². The lowest BCUT2D eigenvalue weighted by molar-refractivity contribution is -0.136. The molecular formula is C108H111N13O21. The minimum Gasteiger partial charge on any atom is -0.494 e. The third-order valence-corrected chi connectivity index (χ3v) is 27.4. The number of nitrogens with two attached hydrogens (primary N) is 3. The highest BCUT2D eigenvalue weighted by Gasteiger charge is 2.39. The molecule has 10 aromatic carbocycles. The van der Waals surface area contributed by atoms with Crippen LogP contribution in [0.15, 0.2) is 174 Å². The maximum Gasteiger partial charge on any atom is 0.410 e. The zero-order valence-corrected chi connectivity index (χ0v) is 79.8. The lowest BCUT2D eigenvalue weighted by atomic mass is 9.83. The summed E-state index contributed by atoms with van der Waals surface area (Å²) in [5.41, 5.74) is 25.1. The Morgan fingerprint density at radius 1 is 0.352 bits per heavy atom. The molecule has 5 aromatic heterocycles. The number of anilines is 3. The van der Waals surface area contributed by atoms with Crippen LogP contribution in [-0.4, -0.2) is 157 Å². The topological polar surface area (TPSA) is 493 Å². The van der Waals surface area contributed by atoms with E-state index in [4.69, 9.17) is 58.8 Å². The highest BCUT2D eigenvalue weighted by molar-refractivity contribution is 6.15. The van der Waals surface area contributed by atoms with Gasteiger partial charge in [-0.2, -0.15) is 0 Å². The Bertz CT molecular complexity index is 7140. The first kappa shape index (κ1) is 96.7. The van der Waals surface area contributed by atoms with Crippen LogP contribution < -0.4 is 42.6 Å². The molecule has 10 heterocycles. The summed E-state index contributed by atoms with van der Waals surface area (Å²) in [5.74, 6) is -1.29. The van der Waals surface area contributed by atoms with Gasteiger partial charge in [0.2, 0.25) is 35.4 Å². The molecule has 2 unspecified atom stereocenters. The molecule has 5 saturated heterocycles. The molecule has 2 aliphatic carbocycles. The van der Waals surface area contributed by atoms with Crippen LogP contribution in [0.3, 0.4) is 0 Å². The maximum atomic E-state index is 12.5. The van der Waals surface area contributed by atoms with E-state index in [0.29, 0.717) is 163 Å². The molecule has 7 fully saturated rings. The standard InChI is InChI=1S/2C30H36N2O6.3C16H13N3O3/c2*1-30(2,3)37-29(35)32-14-12-19(13-15-32)5-4-16-36-22-8-10-23-20(17-22)6-11-26-27(23)28(31-38-26)24-9-7-21(33)18-25(24)34;2*17-12-3-1-2-8-6-13-11(7-10(8)12)15(19-22-13)9-4-5-14(20)18-16(9)21;17-12-3-1-2-8-6-11-13(7-10(8)12)22-19-15(11)9-4-5-14(20)18-16(9)21/h2*6,8,10-11,17,19,24H,4-5,7,9,12-16,18H2,1-3H3;3*1-3,6-7,9H,4-5,17H2,(H,18,20,21)/t2*24-;9-;;/m101../s1. The number of hydrogen-bond acceptors (Lipinski definition) is 29. The molecule has 22 rings (SSSR count). The Hall–Kier alpha value is -15.5. The van der Waals surface area contributed by atoms with Gasteiger partial charge in [0.25, 0.3) is 0 Å². The van der Waals surface area contributed by atoms with E-state index in [2.05, 4.69) is 41.7 Å². The van der Waals surface area contributed by atoms with Crippen molar-refractivity contribution in [3.05, 3.63) is 180 Å². The monoisotopic (exact) mass is 1930 g/mol. The summed E-state index contributed by atoms with van der Waals surface area (Å²) in [6, 6.07) is 47.9. The van der Waals surface area contributed by atoms with Gasteiger partial charge >= 0.3 is 12.2 Å². The van der Waals surface area contributed by atoms with Crippen LogP contribution in [0, 0.1) is 11.8 Å². The summed E-state index contributed by atoms with van der Waals surface area (Å²) in [7, 11) is 0. The summed E-state index contributed by atoms with van der Waals surface area (Å²) in [6.45, 7) is 15.6. The molecule has 0 radical (unpaired) electrons. The SMILES string of the molecule is CC(C)(C)OC(=O)N1CCC(CCCOc2ccc3c(ccc4onc([C@@H]5CCC(=O)CC5=O)c43)c2)CC1.CC(C)(C)OC(=O)N1CCC(CCCOc2ccc3c(ccc4onc([C@H]5CCC(=O)CC5=O)c43)c2)CC1.Nc1cccc2cc3c(C4CCC(=O)NC4=O)noc3cc12.Nc1cccc2cc3onc(C4CCC(=O)NC4=O)c3cc12.Nc1cccc2cc3onc([C@H]4CCC(=O)NC4=O)c3cc12. The molecule has 0 spiro atoms. The molecule has 2 saturated carbocycles. The molecule has 34 heteroatoms. The molecule has 5 atom stereocenters. The second kappa shape index (κ2) is 41.1. The fourth-order valence-electron chi connectivity index (χ4n) is 20.0. The Labute approximate surface area is 813 Å². The van der Waals surface area contributed by atoms with Crippen LogP contribution >= 0.6 is 0 Å². The van der Waals surface area contributed by atoms with Crippen molar-refractivity contribution in [2.75, 3.05) is 56.6 Å². The number of nitrogens with zero attached hydrogens (tertiary/aromatic N) is 7. The van der Waals surface area contributed by atoms with E-state index in [-0.39, 0.29) is 83.6 Å². The van der Waals surface area contributed by atoms with Gasteiger partial charge in [-0.05, 0) is 278 Å². The van der Waals surface area contributed by atoms with Crippen molar-refractivity contribution >= 4 is 197 Å². The van der Waals surface area contributed by atoms with Gasteiger partial charge in [-0.25, -0.2) is 9.59 Å². The summed E-state index contributed by atoms with van der Waals surface area (Å²) >= 11 is 0. The second-order valence-corrected chi connectivity index (χ2v) is 39.6. The number of rotatable bonds is 15. The normalized spacial score (nSPS) is 19.1. The Kier molecular flexibility index (Phi) is 28.0. The number of ketones is 4. The van der Waals surface area contributed by atoms with Crippen LogP contribution in [0.4, 0.5) is 26.7 Å². The minimum atomic E-state index is -0.471. The van der Waals surface area contributed by atoms with Gasteiger partial charge in [0.15, 0.2) is 27.9 Å². The number of hydrogen-bond donors (Lipinski definition) is 6. The predicted octanol–water partition coefficient (Wildman–Crippen LogP) is 18.6. The number of benzene rings is 10. The van der Waals surface area contributed by atoms with E-state index in [9.17, 15) is 57.5 Å². The number of ether oxygens (including phenoxy) is 4. The van der Waals surface area contributed by atoms with Crippen molar-refractivity contribution in [1.82, 2.24) is 51.5 Å². The third kappa shape index (κ3) is 21.6. The van der Waals surface area contributed by atoms with E-state index >= 15 is 0 Å². The smallest absolute Gasteiger partial charge is 0.410 e. The lowest BCUT2D eigenvalue weighted by Gasteiger charge is -2.33. The zero-order chi connectivity index (χ0) is 99.5.